The van der Waals surface area contributed by atoms with Crippen LogP contribution in [0.25, 0.3) is 10.9 Å². The molecular formula is C22H26BrN3O4S. The van der Waals surface area contributed by atoms with E-state index in [1.807, 2.05) is 6.07 Å². The lowest BCUT2D eigenvalue weighted by molar-refractivity contribution is 0.148. The number of piperazine rings is 1. The summed E-state index contributed by atoms with van der Waals surface area (Å²) in [6.45, 7) is 4.58. The van der Waals surface area contributed by atoms with E-state index < -0.39 is 10.0 Å². The first kappa shape index (κ1) is 22.1. The van der Waals surface area contributed by atoms with Crippen LogP contribution in [0, 0.1) is 0 Å². The minimum Gasteiger partial charge on any atom is -0.497 e. The molecule has 1 aliphatic rings. The Balaban J connectivity index is 1.80. The van der Waals surface area contributed by atoms with Crippen LogP contribution in [0.2, 0.25) is 0 Å². The van der Waals surface area contributed by atoms with E-state index in [9.17, 15) is 8.42 Å². The number of nitrogens with zero attached hydrogens (tertiary/aromatic N) is 3. The van der Waals surface area contributed by atoms with Gasteiger partial charge in [-0.3, -0.25) is 4.90 Å². The highest BCUT2D eigenvalue weighted by Crippen LogP contribution is 2.33. The average molecular weight is 508 g/mol. The molecular weight excluding hydrogens is 482 g/mol. The largest absolute Gasteiger partial charge is 0.497 e. The van der Waals surface area contributed by atoms with E-state index in [-0.39, 0.29) is 4.90 Å². The van der Waals surface area contributed by atoms with Gasteiger partial charge in [0.1, 0.15) is 16.4 Å². The summed E-state index contributed by atoms with van der Waals surface area (Å²) in [6, 6.07) is 10.4. The fraction of sp³-hybridized carbons (Fsp3) is 0.364. The lowest BCUT2D eigenvalue weighted by atomic mass is 10.1. The zero-order valence-electron chi connectivity index (χ0n) is 17.8. The van der Waals surface area contributed by atoms with Crippen molar-refractivity contribution in [3.8, 4) is 11.5 Å². The van der Waals surface area contributed by atoms with Crippen LogP contribution < -0.4 is 9.47 Å². The molecule has 7 nitrogen and oxygen atoms in total. The van der Waals surface area contributed by atoms with E-state index in [2.05, 4.69) is 32.8 Å². The van der Waals surface area contributed by atoms with Crippen LogP contribution in [0.3, 0.4) is 0 Å². The normalized spacial score (nSPS) is 16.0. The van der Waals surface area contributed by atoms with Crippen LogP contribution in [-0.4, -0.2) is 69.6 Å². The number of hydrogen-bond acceptors (Lipinski definition) is 6. The summed E-state index contributed by atoms with van der Waals surface area (Å²) >= 11 is 3.39. The highest BCUT2D eigenvalue weighted by atomic mass is 79.9. The van der Waals surface area contributed by atoms with Gasteiger partial charge in [-0.2, -0.15) is 0 Å². The van der Waals surface area contributed by atoms with Crippen LogP contribution in [0.5, 0.6) is 11.5 Å². The minimum atomic E-state index is -3.82. The summed E-state index contributed by atoms with van der Waals surface area (Å²) in [5.74, 6) is 1.29. The van der Waals surface area contributed by atoms with Crippen molar-refractivity contribution in [3.63, 3.8) is 0 Å². The SMILES string of the molecule is COc1ccc(S(=O)(=O)n2cc(CN3CCN(C)CC3)c3cc(OC)ccc32)c(Br)c1. The highest BCUT2D eigenvalue weighted by Gasteiger charge is 2.25. The summed E-state index contributed by atoms with van der Waals surface area (Å²) in [7, 11) is 1.46. The van der Waals surface area contributed by atoms with E-state index in [4.69, 9.17) is 9.47 Å². The molecule has 0 amide bonds. The number of likely N-dealkylation sites (N-methyl/N-ethyl adjacent to an activating group) is 1. The Morgan fingerprint density at radius 2 is 1.61 bits per heavy atom. The molecule has 1 fully saturated rings. The Hall–Kier alpha value is -2.07. The third-order valence-electron chi connectivity index (χ3n) is 5.73. The predicted octanol–water partition coefficient (Wildman–Crippen LogP) is 3.41. The number of hydrogen-bond donors (Lipinski definition) is 0. The van der Waals surface area contributed by atoms with Crippen molar-refractivity contribution < 1.29 is 17.9 Å². The topological polar surface area (TPSA) is 64.0 Å². The summed E-state index contributed by atoms with van der Waals surface area (Å²) in [5, 5.41) is 0.881. The molecule has 1 aromatic heterocycles. The third kappa shape index (κ3) is 4.32. The Morgan fingerprint density at radius 1 is 0.968 bits per heavy atom. The summed E-state index contributed by atoms with van der Waals surface area (Å²) in [4.78, 5) is 4.84. The van der Waals surface area contributed by atoms with Crippen molar-refractivity contribution in [2.45, 2.75) is 11.4 Å². The van der Waals surface area contributed by atoms with Crippen LogP contribution >= 0.6 is 15.9 Å². The molecule has 0 unspecified atom stereocenters. The Labute approximate surface area is 191 Å². The maximum Gasteiger partial charge on any atom is 0.269 e. The van der Waals surface area contributed by atoms with Gasteiger partial charge in [0, 0.05) is 48.8 Å². The molecule has 0 spiro atoms. The van der Waals surface area contributed by atoms with Gasteiger partial charge >= 0.3 is 0 Å². The highest BCUT2D eigenvalue weighted by molar-refractivity contribution is 9.10. The molecule has 0 radical (unpaired) electrons. The smallest absolute Gasteiger partial charge is 0.269 e. The van der Waals surface area contributed by atoms with E-state index in [0.29, 0.717) is 28.0 Å². The molecule has 1 saturated heterocycles. The second-order valence-corrected chi connectivity index (χ2v) is 10.4. The summed E-state index contributed by atoms with van der Waals surface area (Å²) in [5.41, 5.74) is 1.60. The van der Waals surface area contributed by atoms with Crippen molar-refractivity contribution in [2.75, 3.05) is 47.4 Å². The molecule has 2 aromatic carbocycles. The van der Waals surface area contributed by atoms with E-state index in [1.54, 1.807) is 50.7 Å². The Bertz CT molecular complexity index is 1200. The number of methoxy groups -OCH3 is 2. The fourth-order valence-corrected chi connectivity index (χ4v) is 6.28. The van der Waals surface area contributed by atoms with Crippen molar-refractivity contribution in [1.29, 1.82) is 0 Å². The molecule has 0 saturated carbocycles. The molecule has 9 heteroatoms. The number of benzene rings is 2. The van der Waals surface area contributed by atoms with Crippen molar-refractivity contribution in [2.24, 2.45) is 0 Å². The Morgan fingerprint density at radius 3 is 2.26 bits per heavy atom. The van der Waals surface area contributed by atoms with Gasteiger partial charge in [0.2, 0.25) is 0 Å². The first-order valence-corrected chi connectivity index (χ1v) is 12.2. The second-order valence-electron chi connectivity index (χ2n) is 7.71. The molecule has 0 bridgehead atoms. The van der Waals surface area contributed by atoms with Gasteiger partial charge in [0.25, 0.3) is 10.0 Å². The monoisotopic (exact) mass is 507 g/mol. The quantitative estimate of drug-likeness (QED) is 0.509. The maximum absolute atomic E-state index is 13.6. The van der Waals surface area contributed by atoms with Gasteiger partial charge in [-0.1, -0.05) is 0 Å². The zero-order valence-corrected chi connectivity index (χ0v) is 20.2. The molecule has 0 aliphatic carbocycles. The predicted molar refractivity (Wildman–Crippen MR) is 125 cm³/mol. The van der Waals surface area contributed by atoms with Gasteiger partial charge in [-0.15, -0.1) is 0 Å². The van der Waals surface area contributed by atoms with Gasteiger partial charge < -0.3 is 14.4 Å². The fourth-order valence-electron chi connectivity index (χ4n) is 3.87. The number of aromatic nitrogens is 1. The molecule has 166 valence electrons. The van der Waals surface area contributed by atoms with Crippen LogP contribution in [0.1, 0.15) is 5.56 Å². The van der Waals surface area contributed by atoms with Crippen LogP contribution in [-0.2, 0) is 16.6 Å². The average Bonchev–Trinajstić information content (AvgIpc) is 3.13. The number of rotatable bonds is 6. The summed E-state index contributed by atoms with van der Waals surface area (Å²) < 4.78 is 39.7. The van der Waals surface area contributed by atoms with Crippen molar-refractivity contribution >= 4 is 36.9 Å². The maximum atomic E-state index is 13.6. The molecule has 4 rings (SSSR count). The molecule has 0 N–H and O–H groups in total. The van der Waals surface area contributed by atoms with Gasteiger partial charge in [0.05, 0.1) is 19.7 Å². The number of ether oxygens (including phenoxy) is 2. The molecule has 31 heavy (non-hydrogen) atoms. The van der Waals surface area contributed by atoms with E-state index >= 15 is 0 Å². The zero-order chi connectivity index (χ0) is 22.2. The lowest BCUT2D eigenvalue weighted by Crippen LogP contribution is -2.43. The van der Waals surface area contributed by atoms with Crippen molar-refractivity contribution in [3.05, 3.63) is 52.6 Å². The van der Waals surface area contributed by atoms with E-state index in [0.717, 1.165) is 37.1 Å². The second kappa shape index (κ2) is 8.82. The number of halogens is 1. The molecule has 3 aromatic rings. The van der Waals surface area contributed by atoms with Gasteiger partial charge in [-0.05, 0) is 64.9 Å². The standard InChI is InChI=1S/C22H26BrN3O4S/c1-24-8-10-25(11-9-24)14-16-15-26(21-6-4-17(29-2)12-19(16)21)31(27,28)22-7-5-18(30-3)13-20(22)23/h4-7,12-13,15H,8-11,14H2,1-3H3. The third-order valence-corrected chi connectivity index (χ3v) is 8.38. The first-order chi connectivity index (χ1) is 14.8. The molecule has 1 aliphatic heterocycles. The first-order valence-electron chi connectivity index (χ1n) is 10.0. The summed E-state index contributed by atoms with van der Waals surface area (Å²) in [6.07, 6.45) is 1.74. The lowest BCUT2D eigenvalue weighted by Gasteiger charge is -2.32. The molecule has 0 atom stereocenters. The van der Waals surface area contributed by atoms with Crippen molar-refractivity contribution in [1.82, 2.24) is 13.8 Å². The number of fused-ring (bicyclic) bond motifs is 1. The minimum absolute atomic E-state index is 0.187. The Kier molecular flexibility index (Phi) is 6.30. The van der Waals surface area contributed by atoms with Crippen LogP contribution in [0.15, 0.2) is 52.0 Å². The molecule has 2 heterocycles. The van der Waals surface area contributed by atoms with E-state index in [1.165, 1.54) is 3.97 Å². The van der Waals surface area contributed by atoms with Gasteiger partial charge in [0.15, 0.2) is 0 Å². The van der Waals surface area contributed by atoms with Gasteiger partial charge in [-0.25, -0.2) is 12.4 Å². The van der Waals surface area contributed by atoms with Crippen LogP contribution in [0.4, 0.5) is 0 Å².